The van der Waals surface area contributed by atoms with E-state index in [0.717, 1.165) is 26.3 Å². The Hall–Kier alpha value is -3.80. The van der Waals surface area contributed by atoms with Crippen molar-refractivity contribution in [1.29, 1.82) is 0 Å². The number of hydrogen-bond acceptors (Lipinski definition) is 8. The summed E-state index contributed by atoms with van der Waals surface area (Å²) in [6.07, 6.45) is -0.364. The average Bonchev–Trinajstić information content (AvgIpc) is 3.47. The number of amides is 2. The number of carbonyl (C=O) groups excluding carboxylic acids is 2. The summed E-state index contributed by atoms with van der Waals surface area (Å²) in [5.74, 6) is -0.0488. The molecule has 0 spiro atoms. The van der Waals surface area contributed by atoms with Gasteiger partial charge in [0.15, 0.2) is 5.43 Å². The maximum absolute atomic E-state index is 13.9. The lowest BCUT2D eigenvalue weighted by molar-refractivity contribution is -0.145. The fourth-order valence-electron chi connectivity index (χ4n) is 5.62. The van der Waals surface area contributed by atoms with Crippen molar-refractivity contribution >= 4 is 90.1 Å². The van der Waals surface area contributed by atoms with Crippen molar-refractivity contribution in [2.24, 2.45) is 0 Å². The first-order valence-electron chi connectivity index (χ1n) is 14.4. The Morgan fingerprint density at radius 1 is 0.935 bits per heavy atom. The molecule has 0 radical (unpaired) electrons. The molecule has 46 heavy (non-hydrogen) atoms. The fourth-order valence-corrected chi connectivity index (χ4v) is 10.1. The maximum atomic E-state index is 13.9. The molecule has 4 heterocycles. The highest BCUT2D eigenvalue weighted by atomic mass is 35.5. The number of thiocarbonyl (C=S) groups is 1. The van der Waals surface area contributed by atoms with E-state index in [1.165, 1.54) is 34.4 Å². The minimum absolute atomic E-state index is 0.143. The Kier molecular flexibility index (Phi) is 8.80. The Balaban J connectivity index is 1.26. The SMILES string of the molecule is O=C(Cc1ccccc1)NC1C(=O)N2C(C(=S)OC(c3ccccc3)c3ccccc3)=C(c3cc(=O)c4cc(Cl)sc4s3)CS[C@H]12. The van der Waals surface area contributed by atoms with Gasteiger partial charge in [0, 0.05) is 22.3 Å². The molecular formula is C35H25ClN2O4S4. The number of rotatable bonds is 8. The number of ether oxygens (including phenoxy) is 1. The highest BCUT2D eigenvalue weighted by Gasteiger charge is 2.54. The number of fused-ring (bicyclic) bond motifs is 2. The minimum Gasteiger partial charge on any atom is -0.469 e. The molecule has 230 valence electrons. The lowest BCUT2D eigenvalue weighted by Gasteiger charge is -2.50. The number of benzene rings is 3. The van der Waals surface area contributed by atoms with Crippen LogP contribution in [0, 0.1) is 0 Å². The molecule has 1 unspecified atom stereocenters. The van der Waals surface area contributed by atoms with Crippen LogP contribution >= 0.6 is 58.3 Å². The van der Waals surface area contributed by atoms with Gasteiger partial charge in [0.05, 0.1) is 20.2 Å². The summed E-state index contributed by atoms with van der Waals surface area (Å²) in [4.78, 5) is 42.3. The predicted molar refractivity (Wildman–Crippen MR) is 191 cm³/mol. The van der Waals surface area contributed by atoms with Crippen LogP contribution in [-0.2, 0) is 20.7 Å². The number of nitrogens with one attached hydrogen (secondary N) is 1. The monoisotopic (exact) mass is 700 g/mol. The first-order chi connectivity index (χ1) is 22.4. The third kappa shape index (κ3) is 6.03. The highest BCUT2D eigenvalue weighted by molar-refractivity contribution is 8.00. The molecular weight excluding hydrogens is 676 g/mol. The molecule has 7 rings (SSSR count). The van der Waals surface area contributed by atoms with E-state index >= 15 is 0 Å². The summed E-state index contributed by atoms with van der Waals surface area (Å²) in [5.41, 5.74) is 3.71. The summed E-state index contributed by atoms with van der Waals surface area (Å²) >= 11 is 16.6. The minimum atomic E-state index is -0.711. The van der Waals surface area contributed by atoms with E-state index in [1.807, 2.05) is 91.0 Å². The molecule has 2 aliphatic rings. The Labute approximate surface area is 287 Å². The molecule has 1 N–H and O–H groups in total. The van der Waals surface area contributed by atoms with Crippen molar-refractivity contribution in [2.45, 2.75) is 23.9 Å². The first kappa shape index (κ1) is 30.8. The van der Waals surface area contributed by atoms with Gasteiger partial charge in [-0.15, -0.1) is 34.4 Å². The quantitative estimate of drug-likeness (QED) is 0.134. The lowest BCUT2D eigenvalue weighted by Crippen LogP contribution is -2.70. The van der Waals surface area contributed by atoms with E-state index in [9.17, 15) is 14.4 Å². The molecule has 11 heteroatoms. The second-order valence-electron chi connectivity index (χ2n) is 10.8. The molecule has 0 aliphatic carbocycles. The maximum Gasteiger partial charge on any atom is 0.253 e. The predicted octanol–water partition coefficient (Wildman–Crippen LogP) is 7.46. The van der Waals surface area contributed by atoms with E-state index < -0.39 is 12.1 Å². The van der Waals surface area contributed by atoms with Crippen LogP contribution in [0.2, 0.25) is 4.34 Å². The molecule has 2 amide bonds. The van der Waals surface area contributed by atoms with Gasteiger partial charge in [-0.05, 0) is 35.0 Å². The molecule has 2 atom stereocenters. The Morgan fingerprint density at radius 3 is 2.22 bits per heavy atom. The summed E-state index contributed by atoms with van der Waals surface area (Å²) in [6, 6.07) is 31.5. The fraction of sp³-hybridized carbons (Fsp3) is 0.143. The third-order valence-electron chi connectivity index (χ3n) is 7.81. The van der Waals surface area contributed by atoms with Crippen LogP contribution in [0.5, 0.6) is 0 Å². The number of thioether (sulfide) groups is 1. The second kappa shape index (κ2) is 13.1. The lowest BCUT2D eigenvalue weighted by atomic mass is 10.00. The number of thiophene rings is 1. The number of halogens is 1. The molecule has 2 aliphatic heterocycles. The number of carbonyl (C=O) groups is 2. The van der Waals surface area contributed by atoms with Crippen molar-refractivity contribution in [1.82, 2.24) is 10.2 Å². The molecule has 3 aromatic carbocycles. The van der Waals surface area contributed by atoms with E-state index in [0.29, 0.717) is 26.0 Å². The first-order valence-corrected chi connectivity index (χ1v) is 17.9. The van der Waals surface area contributed by atoms with Gasteiger partial charge < -0.3 is 10.1 Å². The van der Waals surface area contributed by atoms with Crippen molar-refractivity contribution < 1.29 is 14.3 Å². The highest BCUT2D eigenvalue weighted by Crippen LogP contribution is 2.46. The Morgan fingerprint density at radius 2 is 1.57 bits per heavy atom. The molecule has 6 nitrogen and oxygen atoms in total. The van der Waals surface area contributed by atoms with Crippen LogP contribution < -0.4 is 10.7 Å². The van der Waals surface area contributed by atoms with Crippen LogP contribution in [0.4, 0.5) is 0 Å². The van der Waals surface area contributed by atoms with Gasteiger partial charge in [-0.25, -0.2) is 0 Å². The third-order valence-corrected chi connectivity index (χ3v) is 11.9. The zero-order valence-corrected chi connectivity index (χ0v) is 28.1. The van der Waals surface area contributed by atoms with Crippen LogP contribution in [0.15, 0.2) is 114 Å². The smallest absolute Gasteiger partial charge is 0.253 e. The van der Waals surface area contributed by atoms with Gasteiger partial charge in [-0.3, -0.25) is 19.3 Å². The van der Waals surface area contributed by atoms with Gasteiger partial charge in [0.25, 0.3) is 5.91 Å². The summed E-state index contributed by atoms with van der Waals surface area (Å²) in [7, 11) is 0. The molecule has 5 aromatic rings. The molecule has 1 fully saturated rings. The number of β-lactam (4-membered cyclic amide) rings is 1. The summed E-state index contributed by atoms with van der Waals surface area (Å²) < 4.78 is 7.95. The topological polar surface area (TPSA) is 75.7 Å². The molecule has 0 bridgehead atoms. The van der Waals surface area contributed by atoms with Gasteiger partial charge >= 0.3 is 0 Å². The van der Waals surface area contributed by atoms with Crippen LogP contribution in [0.25, 0.3) is 15.0 Å². The van der Waals surface area contributed by atoms with E-state index in [-0.39, 0.29) is 34.1 Å². The van der Waals surface area contributed by atoms with Gasteiger partial charge in [0.2, 0.25) is 11.0 Å². The normalized spacial score (nSPS) is 17.5. The van der Waals surface area contributed by atoms with Crippen LogP contribution in [0.3, 0.4) is 0 Å². The average molecular weight is 701 g/mol. The molecule has 1 saturated heterocycles. The standard InChI is InChI=1S/C35H25ClN2O4S4/c36-27-17-23-25(39)18-26(45-35(23)46-27)24-19-44-33-29(37-28(40)16-20-10-4-1-5-11-20)32(41)38(33)30(24)34(43)42-31(21-12-6-2-7-13-21)22-14-8-3-9-15-22/h1-15,17-18,29,31,33H,16,19H2,(H,37,40)/t29?,33-/m1/s1. The van der Waals surface area contributed by atoms with Crippen molar-refractivity contribution in [3.63, 3.8) is 0 Å². The zero-order chi connectivity index (χ0) is 31.8. The van der Waals surface area contributed by atoms with Gasteiger partial charge in [-0.1, -0.05) is 103 Å². The van der Waals surface area contributed by atoms with Gasteiger partial charge in [-0.2, -0.15) is 0 Å². The van der Waals surface area contributed by atoms with Gasteiger partial charge in [0.1, 0.15) is 23.2 Å². The summed E-state index contributed by atoms with van der Waals surface area (Å²) in [5, 5.41) is 3.27. The van der Waals surface area contributed by atoms with Crippen molar-refractivity contribution in [3.05, 3.63) is 145 Å². The van der Waals surface area contributed by atoms with Crippen molar-refractivity contribution in [3.8, 4) is 0 Å². The van der Waals surface area contributed by atoms with Crippen LogP contribution in [0.1, 0.15) is 27.7 Å². The van der Waals surface area contributed by atoms with E-state index in [4.69, 9.17) is 28.6 Å². The van der Waals surface area contributed by atoms with Crippen molar-refractivity contribution in [2.75, 3.05) is 5.75 Å². The number of hydrogen-bond donors (Lipinski definition) is 1. The molecule has 0 saturated carbocycles. The van der Waals surface area contributed by atoms with E-state index in [2.05, 4.69) is 5.32 Å². The Bertz CT molecular complexity index is 2010. The molecule has 2 aromatic heterocycles. The summed E-state index contributed by atoms with van der Waals surface area (Å²) in [6.45, 7) is 0. The largest absolute Gasteiger partial charge is 0.469 e. The van der Waals surface area contributed by atoms with E-state index in [1.54, 1.807) is 17.0 Å². The van der Waals surface area contributed by atoms with Crippen LogP contribution in [-0.4, -0.2) is 38.9 Å². The zero-order valence-electron chi connectivity index (χ0n) is 24.1. The number of nitrogens with zero attached hydrogens (tertiary/aromatic N) is 1. The second-order valence-corrected chi connectivity index (χ2v) is 15.2.